The number of benzene rings is 2. The second kappa shape index (κ2) is 6.97. The molecule has 0 aliphatic rings. The third kappa shape index (κ3) is 4.01. The molecule has 93 valence electrons. The molecular formula is C17H20N. The van der Waals surface area contributed by atoms with Crippen LogP contribution in [0.25, 0.3) is 0 Å². The molecule has 0 aliphatic heterocycles. The Morgan fingerprint density at radius 3 is 1.94 bits per heavy atom. The lowest BCUT2D eigenvalue weighted by Gasteiger charge is -2.17. The molecule has 0 spiro atoms. The van der Waals surface area contributed by atoms with Crippen LogP contribution in [-0.2, 0) is 13.0 Å². The number of nitrogens with one attached hydrogen (secondary N) is 1. The quantitative estimate of drug-likeness (QED) is 0.810. The van der Waals surface area contributed by atoms with Crippen molar-refractivity contribution in [1.82, 2.24) is 5.32 Å². The van der Waals surface area contributed by atoms with E-state index in [1.807, 2.05) is 6.07 Å². The topological polar surface area (TPSA) is 12.0 Å². The third-order valence-electron chi connectivity index (χ3n) is 3.11. The van der Waals surface area contributed by atoms with Crippen LogP contribution in [0.4, 0.5) is 0 Å². The van der Waals surface area contributed by atoms with Crippen LogP contribution in [0.15, 0.2) is 60.7 Å². The van der Waals surface area contributed by atoms with Gasteiger partial charge in [0.05, 0.1) is 0 Å². The highest BCUT2D eigenvalue weighted by Gasteiger charge is 2.06. The summed E-state index contributed by atoms with van der Waals surface area (Å²) in [5.41, 5.74) is 2.69. The van der Waals surface area contributed by atoms with Crippen molar-refractivity contribution in [2.75, 3.05) is 0 Å². The Bertz CT molecular complexity index is 436. The number of hydrogen-bond donors (Lipinski definition) is 1. The molecule has 0 fully saturated rings. The molecule has 1 nitrogen and oxygen atoms in total. The molecule has 2 aromatic carbocycles. The minimum absolute atomic E-state index is 0.438. The fraction of sp³-hybridized carbons (Fsp3) is 0.235. The van der Waals surface area contributed by atoms with E-state index in [0.29, 0.717) is 6.04 Å². The van der Waals surface area contributed by atoms with Gasteiger partial charge in [0, 0.05) is 12.6 Å². The van der Waals surface area contributed by atoms with E-state index in [4.69, 9.17) is 0 Å². The minimum Gasteiger partial charge on any atom is -0.310 e. The van der Waals surface area contributed by atoms with E-state index in [9.17, 15) is 0 Å². The maximum atomic E-state index is 4.03. The highest BCUT2D eigenvalue weighted by Crippen LogP contribution is 2.07. The van der Waals surface area contributed by atoms with E-state index in [1.165, 1.54) is 11.1 Å². The monoisotopic (exact) mass is 238 g/mol. The van der Waals surface area contributed by atoms with Crippen molar-refractivity contribution in [3.63, 3.8) is 0 Å². The molecule has 0 bridgehead atoms. The molecule has 2 aromatic rings. The zero-order chi connectivity index (χ0) is 12.6. The summed E-state index contributed by atoms with van der Waals surface area (Å²) >= 11 is 0. The first kappa shape index (κ1) is 12.8. The van der Waals surface area contributed by atoms with E-state index >= 15 is 0 Å². The second-order valence-corrected chi connectivity index (χ2v) is 4.54. The lowest BCUT2D eigenvalue weighted by atomic mass is 10.0. The summed E-state index contributed by atoms with van der Waals surface area (Å²) in [4.78, 5) is 0. The van der Waals surface area contributed by atoms with Crippen molar-refractivity contribution in [2.45, 2.75) is 25.4 Å². The summed E-state index contributed by atoms with van der Waals surface area (Å²) in [6, 6.07) is 21.5. The molecule has 1 radical (unpaired) electrons. The summed E-state index contributed by atoms with van der Waals surface area (Å²) in [6.45, 7) is 4.94. The summed E-state index contributed by atoms with van der Waals surface area (Å²) < 4.78 is 0. The van der Waals surface area contributed by atoms with Gasteiger partial charge >= 0.3 is 0 Å². The standard InChI is InChI=1S/C17H20N/c1-2-17(13-15-9-5-3-6-10-15)18-14-16-11-7-4-8-12-16/h3-12,17-18H,1-2,13-14H2. The molecule has 18 heavy (non-hydrogen) atoms. The van der Waals surface area contributed by atoms with E-state index in [0.717, 1.165) is 19.4 Å². The Labute approximate surface area is 110 Å². The van der Waals surface area contributed by atoms with Gasteiger partial charge in [0.1, 0.15) is 0 Å². The zero-order valence-corrected chi connectivity index (χ0v) is 10.7. The van der Waals surface area contributed by atoms with Crippen LogP contribution in [0, 0.1) is 6.92 Å². The van der Waals surface area contributed by atoms with Crippen molar-refractivity contribution >= 4 is 0 Å². The van der Waals surface area contributed by atoms with E-state index in [1.54, 1.807) is 0 Å². The highest BCUT2D eigenvalue weighted by atomic mass is 14.9. The second-order valence-electron chi connectivity index (χ2n) is 4.54. The molecule has 0 aromatic heterocycles. The van der Waals surface area contributed by atoms with Gasteiger partial charge in [-0.3, -0.25) is 0 Å². The lowest BCUT2D eigenvalue weighted by Crippen LogP contribution is -2.30. The minimum atomic E-state index is 0.438. The van der Waals surface area contributed by atoms with E-state index in [2.05, 4.69) is 66.8 Å². The number of hydrogen-bond acceptors (Lipinski definition) is 1. The Hall–Kier alpha value is -1.60. The SMILES string of the molecule is [CH2]CC(Cc1ccccc1)NCc1ccccc1. The molecular weight excluding hydrogens is 218 g/mol. The van der Waals surface area contributed by atoms with Crippen molar-refractivity contribution in [1.29, 1.82) is 0 Å². The molecule has 1 unspecified atom stereocenters. The summed E-state index contributed by atoms with van der Waals surface area (Å²) in [5.74, 6) is 0. The largest absolute Gasteiger partial charge is 0.310 e. The smallest absolute Gasteiger partial charge is 0.0208 e. The van der Waals surface area contributed by atoms with Gasteiger partial charge in [0.25, 0.3) is 0 Å². The third-order valence-corrected chi connectivity index (χ3v) is 3.11. The van der Waals surface area contributed by atoms with Crippen molar-refractivity contribution in [2.24, 2.45) is 0 Å². The Morgan fingerprint density at radius 2 is 1.39 bits per heavy atom. The molecule has 0 saturated heterocycles. The average Bonchev–Trinajstić information content (AvgIpc) is 2.45. The first-order valence-electron chi connectivity index (χ1n) is 6.49. The lowest BCUT2D eigenvalue weighted by molar-refractivity contribution is 0.511. The molecule has 0 heterocycles. The Balaban J connectivity index is 1.86. The maximum Gasteiger partial charge on any atom is 0.0208 e. The van der Waals surface area contributed by atoms with E-state index < -0.39 is 0 Å². The number of rotatable bonds is 6. The molecule has 0 aliphatic carbocycles. The first-order chi connectivity index (χ1) is 8.88. The molecule has 0 amide bonds. The fourth-order valence-electron chi connectivity index (χ4n) is 2.03. The molecule has 1 heteroatoms. The molecule has 1 N–H and O–H groups in total. The first-order valence-corrected chi connectivity index (χ1v) is 6.49. The molecule has 0 saturated carbocycles. The molecule has 2 rings (SSSR count). The predicted octanol–water partition coefficient (Wildman–Crippen LogP) is 3.61. The summed E-state index contributed by atoms with van der Waals surface area (Å²) in [6.07, 6.45) is 1.94. The van der Waals surface area contributed by atoms with Crippen molar-refractivity contribution in [3.8, 4) is 0 Å². The van der Waals surface area contributed by atoms with Crippen LogP contribution < -0.4 is 5.32 Å². The van der Waals surface area contributed by atoms with Crippen LogP contribution in [0.1, 0.15) is 17.5 Å². The average molecular weight is 238 g/mol. The normalized spacial score (nSPS) is 12.3. The Kier molecular flexibility index (Phi) is 4.98. The maximum absolute atomic E-state index is 4.03. The van der Waals surface area contributed by atoms with Crippen LogP contribution in [0.3, 0.4) is 0 Å². The summed E-state index contributed by atoms with van der Waals surface area (Å²) in [7, 11) is 0. The predicted molar refractivity (Wildman–Crippen MR) is 77.2 cm³/mol. The summed E-state index contributed by atoms with van der Waals surface area (Å²) in [5, 5.41) is 3.57. The van der Waals surface area contributed by atoms with Crippen LogP contribution in [0.2, 0.25) is 0 Å². The van der Waals surface area contributed by atoms with E-state index in [-0.39, 0.29) is 0 Å². The fourth-order valence-corrected chi connectivity index (χ4v) is 2.03. The highest BCUT2D eigenvalue weighted by molar-refractivity contribution is 5.17. The van der Waals surface area contributed by atoms with Gasteiger partial charge in [-0.1, -0.05) is 67.6 Å². The van der Waals surface area contributed by atoms with Crippen LogP contribution in [0.5, 0.6) is 0 Å². The van der Waals surface area contributed by atoms with Gasteiger partial charge in [0.2, 0.25) is 0 Å². The van der Waals surface area contributed by atoms with Crippen LogP contribution in [-0.4, -0.2) is 6.04 Å². The zero-order valence-electron chi connectivity index (χ0n) is 10.7. The van der Waals surface area contributed by atoms with Gasteiger partial charge < -0.3 is 5.32 Å². The van der Waals surface area contributed by atoms with Crippen molar-refractivity contribution in [3.05, 3.63) is 78.7 Å². The van der Waals surface area contributed by atoms with Crippen molar-refractivity contribution < 1.29 is 0 Å². The van der Waals surface area contributed by atoms with Gasteiger partial charge in [0.15, 0.2) is 0 Å². The van der Waals surface area contributed by atoms with Crippen LogP contribution >= 0.6 is 0 Å². The van der Waals surface area contributed by atoms with Gasteiger partial charge in [-0.25, -0.2) is 0 Å². The van der Waals surface area contributed by atoms with Gasteiger partial charge in [-0.15, -0.1) is 0 Å². The van der Waals surface area contributed by atoms with Gasteiger partial charge in [-0.2, -0.15) is 0 Å². The molecule has 1 atom stereocenters. The van der Waals surface area contributed by atoms with Gasteiger partial charge in [-0.05, 0) is 24.0 Å². The Morgan fingerprint density at radius 1 is 0.833 bits per heavy atom.